The Morgan fingerprint density at radius 3 is 2.23 bits per heavy atom. The molecular formula is C29H34N4O5S2. The van der Waals surface area contributed by atoms with E-state index in [0.717, 1.165) is 37.6 Å². The van der Waals surface area contributed by atoms with Crippen LogP contribution in [0.1, 0.15) is 43.9 Å². The summed E-state index contributed by atoms with van der Waals surface area (Å²) >= 11 is 0. The summed E-state index contributed by atoms with van der Waals surface area (Å²) in [6, 6.07) is 17.6. The summed E-state index contributed by atoms with van der Waals surface area (Å²) in [6.45, 7) is 2.02. The molecule has 11 heteroatoms. The lowest BCUT2D eigenvalue weighted by molar-refractivity contribution is -0.113. The van der Waals surface area contributed by atoms with Crippen molar-refractivity contribution in [1.82, 2.24) is 4.98 Å². The van der Waals surface area contributed by atoms with E-state index in [1.165, 1.54) is 47.4 Å². The average molecular weight is 583 g/mol. The van der Waals surface area contributed by atoms with Crippen molar-refractivity contribution < 1.29 is 21.6 Å². The van der Waals surface area contributed by atoms with E-state index in [1.54, 1.807) is 31.5 Å². The number of sulfonamides is 1. The van der Waals surface area contributed by atoms with Gasteiger partial charge in [0.15, 0.2) is 9.84 Å². The van der Waals surface area contributed by atoms with Gasteiger partial charge in [0.1, 0.15) is 0 Å². The van der Waals surface area contributed by atoms with E-state index in [4.69, 9.17) is 0 Å². The van der Waals surface area contributed by atoms with Gasteiger partial charge in [-0.05, 0) is 85.9 Å². The van der Waals surface area contributed by atoms with Crippen LogP contribution in [0.15, 0.2) is 98.4 Å². The number of pyridine rings is 1. The number of nitrogens with zero attached hydrogens (tertiary/aromatic N) is 4. The monoisotopic (exact) mass is 582 g/mol. The van der Waals surface area contributed by atoms with Gasteiger partial charge >= 0.3 is 0 Å². The summed E-state index contributed by atoms with van der Waals surface area (Å²) in [7, 11) is -5.71. The minimum atomic E-state index is -3.99. The number of hydrogen-bond acceptors (Lipinski definition) is 7. The molecule has 0 bridgehead atoms. The van der Waals surface area contributed by atoms with E-state index in [1.807, 2.05) is 25.1 Å². The van der Waals surface area contributed by atoms with Gasteiger partial charge in [-0.25, -0.2) is 8.42 Å². The van der Waals surface area contributed by atoms with Crippen LogP contribution in [-0.4, -0.2) is 47.1 Å². The van der Waals surface area contributed by atoms with Crippen molar-refractivity contribution >= 4 is 37.5 Å². The maximum absolute atomic E-state index is 12.8. The summed E-state index contributed by atoms with van der Waals surface area (Å²) in [4.78, 5) is 18.5. The van der Waals surface area contributed by atoms with Gasteiger partial charge in [-0.3, -0.25) is 9.78 Å². The molecule has 1 amide bonds. The highest BCUT2D eigenvalue weighted by Gasteiger charge is 2.16. The third-order valence-corrected chi connectivity index (χ3v) is 8.52. The molecule has 40 heavy (non-hydrogen) atoms. The van der Waals surface area contributed by atoms with Crippen LogP contribution in [0.2, 0.25) is 0 Å². The van der Waals surface area contributed by atoms with Crippen molar-refractivity contribution in [3.05, 3.63) is 90.3 Å². The zero-order chi connectivity index (χ0) is 29.2. The SMILES string of the molecule is CCCC(CCCc1ccccn1)N=NS(=O)(=O)c1ccc(N(C)C(=O)/C=C/c2ccc(S(C)(=O)=O)cc2)cc1. The molecule has 0 fully saturated rings. The van der Waals surface area contributed by atoms with E-state index in [2.05, 4.69) is 14.6 Å². The minimum absolute atomic E-state index is 0.00825. The summed E-state index contributed by atoms with van der Waals surface area (Å²) in [6.07, 6.45) is 9.76. The first kappa shape index (κ1) is 30.8. The molecule has 2 aromatic carbocycles. The number of likely N-dealkylation sites (N-methyl/N-ethyl adjacent to an activating group) is 1. The first-order chi connectivity index (χ1) is 19.0. The molecule has 0 radical (unpaired) electrons. The lowest BCUT2D eigenvalue weighted by Crippen LogP contribution is -2.23. The highest BCUT2D eigenvalue weighted by molar-refractivity contribution is 7.90. The fraction of sp³-hybridized carbons (Fsp3) is 0.310. The first-order valence-electron chi connectivity index (χ1n) is 12.9. The van der Waals surface area contributed by atoms with E-state index < -0.39 is 19.9 Å². The maximum atomic E-state index is 12.8. The predicted octanol–water partition coefficient (Wildman–Crippen LogP) is 5.49. The Morgan fingerprint density at radius 2 is 1.62 bits per heavy atom. The summed E-state index contributed by atoms with van der Waals surface area (Å²) in [5, 5.41) is 4.16. The Kier molecular flexibility index (Phi) is 10.9. The van der Waals surface area contributed by atoms with Gasteiger partial charge in [0.2, 0.25) is 0 Å². The number of amides is 1. The van der Waals surface area contributed by atoms with E-state index in [0.29, 0.717) is 17.7 Å². The molecule has 3 rings (SSSR count). The number of rotatable bonds is 13. The molecule has 0 saturated heterocycles. The Balaban J connectivity index is 1.61. The van der Waals surface area contributed by atoms with Crippen molar-refractivity contribution in [2.75, 3.05) is 18.2 Å². The van der Waals surface area contributed by atoms with Crippen molar-refractivity contribution in [2.45, 2.75) is 54.9 Å². The van der Waals surface area contributed by atoms with Gasteiger partial charge in [-0.15, -0.1) is 0 Å². The highest BCUT2D eigenvalue weighted by atomic mass is 32.2. The molecule has 1 atom stereocenters. The number of aryl methyl sites for hydroxylation is 1. The second-order valence-corrected chi connectivity index (χ2v) is 13.0. The average Bonchev–Trinajstić information content (AvgIpc) is 2.94. The van der Waals surface area contributed by atoms with Crippen molar-refractivity contribution in [3.63, 3.8) is 0 Å². The van der Waals surface area contributed by atoms with E-state index in [-0.39, 0.29) is 21.7 Å². The van der Waals surface area contributed by atoms with Crippen LogP contribution in [0.3, 0.4) is 0 Å². The second-order valence-electron chi connectivity index (χ2n) is 9.39. The van der Waals surface area contributed by atoms with E-state index in [9.17, 15) is 21.6 Å². The van der Waals surface area contributed by atoms with Crippen LogP contribution in [0.4, 0.5) is 5.69 Å². The van der Waals surface area contributed by atoms with Crippen LogP contribution in [0.25, 0.3) is 6.08 Å². The largest absolute Gasteiger partial charge is 0.312 e. The molecule has 1 aromatic heterocycles. The predicted molar refractivity (Wildman–Crippen MR) is 156 cm³/mol. The van der Waals surface area contributed by atoms with Crippen LogP contribution in [0, 0.1) is 0 Å². The van der Waals surface area contributed by atoms with Crippen LogP contribution in [-0.2, 0) is 31.1 Å². The lowest BCUT2D eigenvalue weighted by Gasteiger charge is -2.15. The zero-order valence-electron chi connectivity index (χ0n) is 22.8. The smallest absolute Gasteiger partial charge is 0.299 e. The van der Waals surface area contributed by atoms with Gasteiger partial charge in [0.25, 0.3) is 15.9 Å². The quantitative estimate of drug-likeness (QED) is 0.194. The third-order valence-electron chi connectivity index (χ3n) is 6.22. The molecule has 0 aliphatic carbocycles. The van der Waals surface area contributed by atoms with Gasteiger partial charge in [-0.1, -0.05) is 36.1 Å². The molecule has 0 saturated carbocycles. The molecule has 212 valence electrons. The maximum Gasteiger partial charge on any atom is 0.299 e. The standard InChI is InChI=1S/C29H34N4O5S2/c1-4-8-25(11-7-10-24-9-5-6-22-30-24)31-32-40(37,38)28-19-15-26(16-20-28)33(2)29(34)21-14-23-12-17-27(18-13-23)39(3,35)36/h5-6,9,12-22,25H,4,7-8,10-11H2,1-3H3/b21-14+,32-31?. The number of benzene rings is 2. The Labute approximate surface area is 236 Å². The third kappa shape index (κ3) is 9.20. The fourth-order valence-electron chi connectivity index (χ4n) is 3.91. The summed E-state index contributed by atoms with van der Waals surface area (Å²) in [5.41, 5.74) is 2.15. The topological polar surface area (TPSA) is 126 Å². The number of aromatic nitrogens is 1. The number of carbonyl (C=O) groups is 1. The number of hydrogen-bond donors (Lipinski definition) is 0. The van der Waals surface area contributed by atoms with Crippen LogP contribution >= 0.6 is 0 Å². The highest BCUT2D eigenvalue weighted by Crippen LogP contribution is 2.21. The summed E-state index contributed by atoms with van der Waals surface area (Å²) in [5.74, 6) is -0.337. The Morgan fingerprint density at radius 1 is 0.950 bits per heavy atom. The van der Waals surface area contributed by atoms with Gasteiger partial charge < -0.3 is 4.90 Å². The molecule has 0 aliphatic heterocycles. The lowest BCUT2D eigenvalue weighted by atomic mass is 10.0. The van der Waals surface area contributed by atoms with Gasteiger partial charge in [-0.2, -0.15) is 13.5 Å². The molecule has 1 heterocycles. The Hall–Kier alpha value is -3.70. The second kappa shape index (κ2) is 14.1. The zero-order valence-corrected chi connectivity index (χ0v) is 24.5. The minimum Gasteiger partial charge on any atom is -0.312 e. The number of sulfone groups is 1. The molecule has 0 aliphatic rings. The Bertz CT molecular complexity index is 1540. The number of carbonyl (C=O) groups excluding carboxylic acids is 1. The molecule has 3 aromatic rings. The van der Waals surface area contributed by atoms with Crippen LogP contribution < -0.4 is 4.90 Å². The first-order valence-corrected chi connectivity index (χ1v) is 16.3. The van der Waals surface area contributed by atoms with E-state index >= 15 is 0 Å². The molecule has 1 unspecified atom stereocenters. The molecular weight excluding hydrogens is 548 g/mol. The molecule has 0 N–H and O–H groups in total. The van der Waals surface area contributed by atoms with Crippen molar-refractivity contribution in [3.8, 4) is 0 Å². The van der Waals surface area contributed by atoms with Crippen LogP contribution in [0.5, 0.6) is 0 Å². The number of anilines is 1. The van der Waals surface area contributed by atoms with Gasteiger partial charge in [0, 0.05) is 37.0 Å². The summed E-state index contributed by atoms with van der Waals surface area (Å²) < 4.78 is 52.5. The molecule has 9 nitrogen and oxygen atoms in total. The fourth-order valence-corrected chi connectivity index (χ4v) is 5.37. The molecule has 0 spiro atoms. The normalized spacial score (nSPS) is 13.1. The van der Waals surface area contributed by atoms with Gasteiger partial charge in [0.05, 0.1) is 15.8 Å². The van der Waals surface area contributed by atoms with Crippen molar-refractivity contribution in [1.29, 1.82) is 0 Å². The van der Waals surface area contributed by atoms with Crippen molar-refractivity contribution in [2.24, 2.45) is 9.63 Å².